The molecular weight excluding hydrogens is 354 g/mol. The fraction of sp³-hybridized carbons (Fsp3) is 0.526. The molecule has 0 aliphatic carbocycles. The molecule has 2 fully saturated rings. The molecule has 26 heavy (non-hydrogen) atoms. The van der Waals surface area contributed by atoms with E-state index in [-0.39, 0.29) is 42.0 Å². The van der Waals surface area contributed by atoms with E-state index in [2.05, 4.69) is 0 Å². The van der Waals surface area contributed by atoms with Crippen LogP contribution in [0.3, 0.4) is 0 Å². The first-order valence-electron chi connectivity index (χ1n) is 8.98. The van der Waals surface area contributed by atoms with Crippen LogP contribution in [0.25, 0.3) is 0 Å². The number of carbonyl (C=O) groups is 3. The van der Waals surface area contributed by atoms with Crippen molar-refractivity contribution in [3.05, 3.63) is 35.9 Å². The summed E-state index contributed by atoms with van der Waals surface area (Å²) in [5, 5.41) is 0. The van der Waals surface area contributed by atoms with Gasteiger partial charge in [-0.25, -0.2) is 0 Å². The van der Waals surface area contributed by atoms with Gasteiger partial charge in [-0.2, -0.15) is 0 Å². The van der Waals surface area contributed by atoms with Gasteiger partial charge in [0.2, 0.25) is 17.7 Å². The fourth-order valence-corrected chi connectivity index (χ4v) is 3.87. The van der Waals surface area contributed by atoms with Crippen LogP contribution in [0, 0.1) is 5.92 Å². The lowest BCUT2D eigenvalue weighted by Gasteiger charge is -2.35. The lowest BCUT2D eigenvalue weighted by molar-refractivity contribution is -0.141. The molecule has 2 unspecified atom stereocenters. The number of halogens is 1. The Bertz CT molecular complexity index is 674. The molecule has 0 N–H and O–H groups in total. The summed E-state index contributed by atoms with van der Waals surface area (Å²) in [5.41, 5.74) is 1.07. The first kappa shape index (κ1) is 18.7. The zero-order valence-corrected chi connectivity index (χ0v) is 15.7. The first-order chi connectivity index (χ1) is 12.5. The summed E-state index contributed by atoms with van der Waals surface area (Å²) < 4.78 is 0. The third-order valence-corrected chi connectivity index (χ3v) is 5.54. The Hall–Kier alpha value is -2.08. The molecule has 2 aliphatic heterocycles. The number of piperazine rings is 1. The molecule has 0 bridgehead atoms. The monoisotopic (exact) mass is 377 g/mol. The molecule has 140 valence electrons. The topological polar surface area (TPSA) is 60.9 Å². The largest absolute Gasteiger partial charge is 0.339 e. The Morgan fingerprint density at radius 3 is 2.35 bits per heavy atom. The van der Waals surface area contributed by atoms with Crippen LogP contribution in [0.4, 0.5) is 0 Å². The second-order valence-corrected chi connectivity index (χ2v) is 7.14. The van der Waals surface area contributed by atoms with E-state index < -0.39 is 0 Å². The molecule has 2 aliphatic rings. The molecule has 2 heterocycles. The van der Waals surface area contributed by atoms with E-state index in [9.17, 15) is 14.4 Å². The molecule has 0 saturated carbocycles. The lowest BCUT2D eigenvalue weighted by Crippen LogP contribution is -2.52. The van der Waals surface area contributed by atoms with Crippen molar-refractivity contribution in [2.24, 2.45) is 5.92 Å². The van der Waals surface area contributed by atoms with E-state index in [1.165, 1.54) is 0 Å². The number of carbonyl (C=O) groups excluding carboxylic acids is 3. The first-order valence-corrected chi connectivity index (χ1v) is 9.51. The quantitative estimate of drug-likeness (QED) is 0.747. The van der Waals surface area contributed by atoms with Gasteiger partial charge in [0.05, 0.1) is 12.0 Å². The normalized spacial score (nSPS) is 21.8. The fourth-order valence-electron chi connectivity index (χ4n) is 3.70. The number of hydrogen-bond acceptors (Lipinski definition) is 3. The Morgan fingerprint density at radius 2 is 1.73 bits per heavy atom. The summed E-state index contributed by atoms with van der Waals surface area (Å²) >= 11 is 5.59. The van der Waals surface area contributed by atoms with Crippen molar-refractivity contribution < 1.29 is 14.4 Å². The van der Waals surface area contributed by atoms with Crippen molar-refractivity contribution in [1.82, 2.24) is 14.7 Å². The predicted molar refractivity (Wildman–Crippen MR) is 98.6 cm³/mol. The van der Waals surface area contributed by atoms with Crippen molar-refractivity contribution in [3.63, 3.8) is 0 Å². The molecule has 3 rings (SSSR count). The van der Waals surface area contributed by atoms with Crippen LogP contribution in [-0.4, -0.2) is 71.0 Å². The highest BCUT2D eigenvalue weighted by Gasteiger charge is 2.39. The summed E-state index contributed by atoms with van der Waals surface area (Å²) in [6.07, 6.45) is 0.261. The minimum absolute atomic E-state index is 0.0130. The average molecular weight is 378 g/mol. The third-order valence-electron chi connectivity index (χ3n) is 5.32. The van der Waals surface area contributed by atoms with Gasteiger partial charge in [0.1, 0.15) is 5.88 Å². The zero-order chi connectivity index (χ0) is 18.7. The van der Waals surface area contributed by atoms with Gasteiger partial charge in [-0.1, -0.05) is 30.3 Å². The van der Waals surface area contributed by atoms with E-state index in [0.29, 0.717) is 32.7 Å². The number of benzene rings is 1. The van der Waals surface area contributed by atoms with Crippen LogP contribution in [-0.2, 0) is 14.4 Å². The Kier molecular flexibility index (Phi) is 5.81. The summed E-state index contributed by atoms with van der Waals surface area (Å²) in [4.78, 5) is 42.2. The molecule has 6 nitrogen and oxygen atoms in total. The molecule has 3 amide bonds. The van der Waals surface area contributed by atoms with E-state index in [4.69, 9.17) is 11.6 Å². The maximum Gasteiger partial charge on any atom is 0.237 e. The van der Waals surface area contributed by atoms with E-state index in [0.717, 1.165) is 5.56 Å². The van der Waals surface area contributed by atoms with Crippen molar-refractivity contribution in [3.8, 4) is 0 Å². The second kappa shape index (κ2) is 8.08. The van der Waals surface area contributed by atoms with Crippen molar-refractivity contribution in [2.45, 2.75) is 19.4 Å². The van der Waals surface area contributed by atoms with Crippen LogP contribution >= 0.6 is 11.6 Å². The number of likely N-dealkylation sites (tertiary alicyclic amines) is 1. The van der Waals surface area contributed by atoms with Gasteiger partial charge in [0.15, 0.2) is 0 Å². The van der Waals surface area contributed by atoms with Crippen LogP contribution < -0.4 is 0 Å². The van der Waals surface area contributed by atoms with E-state index in [1.807, 2.05) is 37.3 Å². The summed E-state index contributed by atoms with van der Waals surface area (Å²) in [7, 11) is 0. The van der Waals surface area contributed by atoms with Gasteiger partial charge in [-0.05, 0) is 12.5 Å². The number of nitrogens with zero attached hydrogens (tertiary/aromatic N) is 3. The Labute approximate surface area is 158 Å². The van der Waals surface area contributed by atoms with E-state index in [1.54, 1.807) is 14.7 Å². The van der Waals surface area contributed by atoms with Gasteiger partial charge >= 0.3 is 0 Å². The van der Waals surface area contributed by atoms with Crippen LogP contribution in [0.5, 0.6) is 0 Å². The van der Waals surface area contributed by atoms with Crippen molar-refractivity contribution >= 4 is 29.3 Å². The predicted octanol–water partition coefficient (Wildman–Crippen LogP) is 1.51. The summed E-state index contributed by atoms with van der Waals surface area (Å²) in [5.74, 6) is -0.395. The summed E-state index contributed by atoms with van der Waals surface area (Å²) in [6, 6.07) is 9.82. The molecule has 0 radical (unpaired) electrons. The van der Waals surface area contributed by atoms with E-state index >= 15 is 0 Å². The number of rotatable bonds is 4. The Morgan fingerprint density at radius 1 is 1.12 bits per heavy atom. The highest BCUT2D eigenvalue weighted by Crippen LogP contribution is 2.29. The van der Waals surface area contributed by atoms with Crippen molar-refractivity contribution in [1.29, 1.82) is 0 Å². The molecule has 2 saturated heterocycles. The molecular formula is C19H24ClN3O3. The molecule has 0 spiro atoms. The summed E-state index contributed by atoms with van der Waals surface area (Å²) in [6.45, 7) is 4.45. The maximum absolute atomic E-state index is 12.8. The third kappa shape index (κ3) is 3.85. The number of alkyl halides is 1. The van der Waals surface area contributed by atoms with Gasteiger partial charge in [0, 0.05) is 39.1 Å². The highest BCUT2D eigenvalue weighted by molar-refractivity contribution is 6.27. The molecule has 7 heteroatoms. The SMILES string of the molecule is CC(c1ccccc1)N1CC(C(=O)N2CCN(C(=O)CCl)CC2)CC1=O. The highest BCUT2D eigenvalue weighted by atomic mass is 35.5. The Balaban J connectivity index is 1.58. The van der Waals surface area contributed by atoms with Gasteiger partial charge in [0.25, 0.3) is 0 Å². The molecule has 2 atom stereocenters. The maximum atomic E-state index is 12.8. The number of hydrogen-bond donors (Lipinski definition) is 0. The van der Waals surface area contributed by atoms with Crippen LogP contribution in [0.2, 0.25) is 0 Å². The van der Waals surface area contributed by atoms with Crippen LogP contribution in [0.1, 0.15) is 24.9 Å². The van der Waals surface area contributed by atoms with Crippen LogP contribution in [0.15, 0.2) is 30.3 Å². The lowest BCUT2D eigenvalue weighted by atomic mass is 10.1. The molecule has 1 aromatic carbocycles. The minimum atomic E-state index is -0.302. The second-order valence-electron chi connectivity index (χ2n) is 6.87. The average Bonchev–Trinajstić information content (AvgIpc) is 3.08. The minimum Gasteiger partial charge on any atom is -0.339 e. The zero-order valence-electron chi connectivity index (χ0n) is 14.9. The van der Waals surface area contributed by atoms with Gasteiger partial charge in [-0.15, -0.1) is 11.6 Å². The van der Waals surface area contributed by atoms with Gasteiger partial charge < -0.3 is 14.7 Å². The standard InChI is InChI=1S/C19H24ClN3O3/c1-14(15-5-3-2-4-6-15)23-13-16(11-17(23)24)19(26)22-9-7-21(8-10-22)18(25)12-20/h2-6,14,16H,7-13H2,1H3. The molecule has 1 aromatic rings. The van der Waals surface area contributed by atoms with Crippen molar-refractivity contribution in [2.75, 3.05) is 38.6 Å². The van der Waals surface area contributed by atoms with Gasteiger partial charge in [-0.3, -0.25) is 14.4 Å². The molecule has 0 aromatic heterocycles. The smallest absolute Gasteiger partial charge is 0.237 e. The number of amides is 3.